The number of aryl methyl sites for hydroxylation is 1. The van der Waals surface area contributed by atoms with Crippen molar-refractivity contribution in [2.24, 2.45) is 5.73 Å². The van der Waals surface area contributed by atoms with E-state index in [2.05, 4.69) is 46.1 Å². The zero-order valence-electron chi connectivity index (χ0n) is 11.3. The standard InChI is InChI=1S/C15H20N4/c1-13-6-2-3-7-14(13)19(11-4-8-16)12-15-17-9-5-10-18-15/h2-3,5-7,9-10H,4,8,11-12,16H2,1H3. The molecule has 0 saturated heterocycles. The highest BCUT2D eigenvalue weighted by atomic mass is 15.1. The molecule has 4 heteroatoms. The lowest BCUT2D eigenvalue weighted by Gasteiger charge is -2.25. The molecule has 0 radical (unpaired) electrons. The number of nitrogens with two attached hydrogens (primary N) is 1. The second-order valence-electron chi connectivity index (χ2n) is 4.52. The highest BCUT2D eigenvalue weighted by Crippen LogP contribution is 2.20. The third kappa shape index (κ3) is 3.76. The molecule has 0 saturated carbocycles. The van der Waals surface area contributed by atoms with Crippen LogP contribution in [0.4, 0.5) is 5.69 Å². The summed E-state index contributed by atoms with van der Waals surface area (Å²) in [7, 11) is 0. The van der Waals surface area contributed by atoms with Crippen molar-refractivity contribution in [3.05, 3.63) is 54.1 Å². The molecule has 0 amide bonds. The number of hydrogen-bond acceptors (Lipinski definition) is 4. The Balaban J connectivity index is 2.19. The largest absolute Gasteiger partial charge is 0.364 e. The van der Waals surface area contributed by atoms with Crippen LogP contribution >= 0.6 is 0 Å². The van der Waals surface area contributed by atoms with E-state index in [0.29, 0.717) is 13.1 Å². The first kappa shape index (κ1) is 13.5. The zero-order chi connectivity index (χ0) is 13.5. The fourth-order valence-electron chi connectivity index (χ4n) is 2.07. The predicted molar refractivity (Wildman–Crippen MR) is 77.9 cm³/mol. The molecule has 100 valence electrons. The monoisotopic (exact) mass is 256 g/mol. The van der Waals surface area contributed by atoms with Gasteiger partial charge in [-0.15, -0.1) is 0 Å². The maximum atomic E-state index is 5.63. The van der Waals surface area contributed by atoms with Crippen LogP contribution in [0, 0.1) is 6.92 Å². The van der Waals surface area contributed by atoms with Gasteiger partial charge in [0, 0.05) is 24.6 Å². The van der Waals surface area contributed by atoms with Gasteiger partial charge in [-0.3, -0.25) is 0 Å². The van der Waals surface area contributed by atoms with E-state index < -0.39 is 0 Å². The van der Waals surface area contributed by atoms with Gasteiger partial charge in [0.2, 0.25) is 0 Å². The molecule has 0 aliphatic carbocycles. The highest BCUT2D eigenvalue weighted by Gasteiger charge is 2.10. The minimum atomic E-state index is 0.692. The van der Waals surface area contributed by atoms with E-state index in [4.69, 9.17) is 5.73 Å². The number of nitrogens with zero attached hydrogens (tertiary/aromatic N) is 3. The lowest BCUT2D eigenvalue weighted by Crippen LogP contribution is -2.27. The molecule has 0 aliphatic heterocycles. The van der Waals surface area contributed by atoms with Crippen LogP contribution in [0.3, 0.4) is 0 Å². The Morgan fingerprint density at radius 1 is 1.11 bits per heavy atom. The molecular formula is C15H20N4. The number of benzene rings is 1. The molecule has 4 nitrogen and oxygen atoms in total. The Bertz CT molecular complexity index is 499. The van der Waals surface area contributed by atoms with Crippen LogP contribution in [0.5, 0.6) is 0 Å². The first-order valence-corrected chi connectivity index (χ1v) is 6.58. The molecule has 2 rings (SSSR count). The fourth-order valence-corrected chi connectivity index (χ4v) is 2.07. The Hall–Kier alpha value is -1.94. The maximum Gasteiger partial charge on any atom is 0.147 e. The molecule has 0 aliphatic rings. The SMILES string of the molecule is Cc1ccccc1N(CCCN)Cc1ncccn1. The summed E-state index contributed by atoms with van der Waals surface area (Å²) in [6, 6.07) is 10.2. The molecule has 19 heavy (non-hydrogen) atoms. The summed E-state index contributed by atoms with van der Waals surface area (Å²) in [6.07, 6.45) is 4.52. The molecule has 0 spiro atoms. The van der Waals surface area contributed by atoms with Crippen molar-refractivity contribution in [2.75, 3.05) is 18.0 Å². The minimum Gasteiger partial charge on any atom is -0.364 e. The molecule has 1 heterocycles. The van der Waals surface area contributed by atoms with Gasteiger partial charge in [0.15, 0.2) is 0 Å². The molecular weight excluding hydrogens is 236 g/mol. The highest BCUT2D eigenvalue weighted by molar-refractivity contribution is 5.52. The van der Waals surface area contributed by atoms with E-state index in [9.17, 15) is 0 Å². The zero-order valence-corrected chi connectivity index (χ0v) is 11.3. The average Bonchev–Trinajstić information content (AvgIpc) is 2.45. The van der Waals surface area contributed by atoms with Gasteiger partial charge in [0.1, 0.15) is 5.82 Å². The van der Waals surface area contributed by atoms with Crippen LogP contribution in [0.2, 0.25) is 0 Å². The van der Waals surface area contributed by atoms with Gasteiger partial charge in [0.25, 0.3) is 0 Å². The Morgan fingerprint density at radius 2 is 1.84 bits per heavy atom. The van der Waals surface area contributed by atoms with E-state index >= 15 is 0 Å². The summed E-state index contributed by atoms with van der Waals surface area (Å²) < 4.78 is 0. The van der Waals surface area contributed by atoms with E-state index in [1.165, 1.54) is 11.3 Å². The quantitative estimate of drug-likeness (QED) is 0.860. The lowest BCUT2D eigenvalue weighted by atomic mass is 10.1. The third-order valence-corrected chi connectivity index (χ3v) is 3.04. The van der Waals surface area contributed by atoms with Crippen molar-refractivity contribution in [1.82, 2.24) is 9.97 Å². The van der Waals surface area contributed by atoms with Crippen molar-refractivity contribution in [2.45, 2.75) is 19.9 Å². The number of anilines is 1. The molecule has 1 aromatic carbocycles. The van der Waals surface area contributed by atoms with E-state index in [1.54, 1.807) is 12.4 Å². The van der Waals surface area contributed by atoms with Crippen LogP contribution in [0.15, 0.2) is 42.7 Å². The first-order valence-electron chi connectivity index (χ1n) is 6.58. The average molecular weight is 256 g/mol. The number of para-hydroxylation sites is 1. The van der Waals surface area contributed by atoms with Crippen LogP contribution in [-0.4, -0.2) is 23.1 Å². The summed E-state index contributed by atoms with van der Waals surface area (Å²) in [4.78, 5) is 10.9. The summed E-state index contributed by atoms with van der Waals surface area (Å²) in [6.45, 7) is 4.44. The molecule has 2 N–H and O–H groups in total. The van der Waals surface area contributed by atoms with Gasteiger partial charge in [-0.25, -0.2) is 9.97 Å². The predicted octanol–water partition coefficient (Wildman–Crippen LogP) is 2.14. The second kappa shape index (κ2) is 6.85. The topological polar surface area (TPSA) is 55.0 Å². The summed E-state index contributed by atoms with van der Waals surface area (Å²) >= 11 is 0. The van der Waals surface area contributed by atoms with Crippen molar-refractivity contribution in [3.8, 4) is 0 Å². The molecule has 0 unspecified atom stereocenters. The number of rotatable bonds is 6. The summed E-state index contributed by atoms with van der Waals surface area (Å²) in [5.74, 6) is 0.836. The van der Waals surface area contributed by atoms with Crippen molar-refractivity contribution in [1.29, 1.82) is 0 Å². The number of aromatic nitrogens is 2. The van der Waals surface area contributed by atoms with Gasteiger partial charge < -0.3 is 10.6 Å². The normalized spacial score (nSPS) is 10.4. The molecule has 0 fully saturated rings. The Morgan fingerprint density at radius 3 is 2.53 bits per heavy atom. The summed E-state index contributed by atoms with van der Waals surface area (Å²) in [5.41, 5.74) is 8.11. The van der Waals surface area contributed by atoms with Gasteiger partial charge in [-0.1, -0.05) is 18.2 Å². The van der Waals surface area contributed by atoms with Crippen LogP contribution < -0.4 is 10.6 Å². The van der Waals surface area contributed by atoms with E-state index in [1.807, 2.05) is 6.07 Å². The van der Waals surface area contributed by atoms with Gasteiger partial charge in [0.05, 0.1) is 6.54 Å². The van der Waals surface area contributed by atoms with Crippen molar-refractivity contribution < 1.29 is 0 Å². The number of hydrogen-bond donors (Lipinski definition) is 1. The molecule has 2 aromatic rings. The smallest absolute Gasteiger partial charge is 0.147 e. The molecule has 0 bridgehead atoms. The van der Waals surface area contributed by atoms with Crippen LogP contribution in [0.25, 0.3) is 0 Å². The third-order valence-electron chi connectivity index (χ3n) is 3.04. The Kier molecular flexibility index (Phi) is 4.86. The van der Waals surface area contributed by atoms with E-state index in [-0.39, 0.29) is 0 Å². The minimum absolute atomic E-state index is 0.692. The van der Waals surface area contributed by atoms with Crippen molar-refractivity contribution >= 4 is 5.69 Å². The summed E-state index contributed by atoms with van der Waals surface area (Å²) in [5, 5.41) is 0. The van der Waals surface area contributed by atoms with Crippen LogP contribution in [-0.2, 0) is 6.54 Å². The second-order valence-corrected chi connectivity index (χ2v) is 4.52. The van der Waals surface area contributed by atoms with E-state index in [0.717, 1.165) is 18.8 Å². The lowest BCUT2D eigenvalue weighted by molar-refractivity contribution is 0.710. The molecule has 0 atom stereocenters. The molecule has 1 aromatic heterocycles. The first-order chi connectivity index (χ1) is 9.31. The Labute approximate surface area is 114 Å². The van der Waals surface area contributed by atoms with Crippen LogP contribution in [0.1, 0.15) is 17.8 Å². The van der Waals surface area contributed by atoms with Crippen molar-refractivity contribution in [3.63, 3.8) is 0 Å². The maximum absolute atomic E-state index is 5.63. The van der Waals surface area contributed by atoms with Gasteiger partial charge in [-0.05, 0) is 37.6 Å². The van der Waals surface area contributed by atoms with Gasteiger partial charge in [-0.2, -0.15) is 0 Å². The fraction of sp³-hybridized carbons (Fsp3) is 0.333. The van der Waals surface area contributed by atoms with Gasteiger partial charge >= 0.3 is 0 Å².